The van der Waals surface area contributed by atoms with Crippen molar-refractivity contribution in [3.8, 4) is 11.3 Å². The van der Waals surface area contributed by atoms with Crippen LogP contribution in [0.2, 0.25) is 0 Å². The number of benzene rings is 1. The number of aromatic nitrogens is 4. The van der Waals surface area contributed by atoms with Crippen LogP contribution in [0.5, 0.6) is 0 Å². The number of carbonyl (C=O) groups is 1. The maximum Gasteiger partial charge on any atom is 0.276 e. The summed E-state index contributed by atoms with van der Waals surface area (Å²) in [5, 5.41) is 11.0. The van der Waals surface area contributed by atoms with Crippen molar-refractivity contribution in [3.05, 3.63) is 52.6 Å². The lowest BCUT2D eigenvalue weighted by atomic mass is 9.96. The number of nitrogens with zero attached hydrogens (tertiary/aromatic N) is 3. The standard InChI is InChI=1S/C20H23N5O2/c26-19(21-15-11-7-2-1-3-8-12-15)17-18-20(27)22-16(13-25(18)24-23-17)14-9-5-4-6-10-14/h4-6,9-10,13,15H,1-3,7-8,11-12H2,(H,21,26)(H,22,27). The Morgan fingerprint density at radius 3 is 2.52 bits per heavy atom. The molecule has 0 radical (unpaired) electrons. The topological polar surface area (TPSA) is 92.2 Å². The molecule has 1 fully saturated rings. The van der Waals surface area contributed by atoms with Gasteiger partial charge in [-0.25, -0.2) is 4.52 Å². The number of hydrogen-bond acceptors (Lipinski definition) is 4. The number of rotatable bonds is 3. The highest BCUT2D eigenvalue weighted by atomic mass is 16.2. The first-order valence-corrected chi connectivity index (χ1v) is 9.57. The van der Waals surface area contributed by atoms with E-state index < -0.39 is 0 Å². The van der Waals surface area contributed by atoms with E-state index in [9.17, 15) is 9.59 Å². The number of amides is 1. The zero-order chi connectivity index (χ0) is 18.6. The van der Waals surface area contributed by atoms with E-state index in [1.807, 2.05) is 30.3 Å². The summed E-state index contributed by atoms with van der Waals surface area (Å²) in [4.78, 5) is 28.2. The van der Waals surface area contributed by atoms with Crippen molar-refractivity contribution in [2.75, 3.05) is 0 Å². The van der Waals surface area contributed by atoms with E-state index in [0.717, 1.165) is 31.2 Å². The molecule has 1 aromatic carbocycles. The fourth-order valence-corrected chi connectivity index (χ4v) is 3.70. The molecular weight excluding hydrogens is 342 g/mol. The number of hydrogen-bond donors (Lipinski definition) is 2. The summed E-state index contributed by atoms with van der Waals surface area (Å²) in [6.45, 7) is 0. The smallest absolute Gasteiger partial charge is 0.276 e. The third kappa shape index (κ3) is 3.77. The van der Waals surface area contributed by atoms with Gasteiger partial charge in [0, 0.05) is 6.04 Å². The van der Waals surface area contributed by atoms with Crippen LogP contribution in [0.25, 0.3) is 16.8 Å². The molecule has 140 valence electrons. The Kier molecular flexibility index (Phi) is 5.00. The average Bonchev–Trinajstić information content (AvgIpc) is 3.09. The molecule has 7 nitrogen and oxygen atoms in total. The van der Waals surface area contributed by atoms with E-state index in [2.05, 4.69) is 20.6 Å². The summed E-state index contributed by atoms with van der Waals surface area (Å²) in [7, 11) is 0. The van der Waals surface area contributed by atoms with Gasteiger partial charge in [-0.2, -0.15) is 0 Å². The lowest BCUT2D eigenvalue weighted by Gasteiger charge is -2.20. The zero-order valence-corrected chi connectivity index (χ0v) is 15.1. The van der Waals surface area contributed by atoms with Gasteiger partial charge >= 0.3 is 0 Å². The summed E-state index contributed by atoms with van der Waals surface area (Å²) >= 11 is 0. The van der Waals surface area contributed by atoms with Crippen LogP contribution < -0.4 is 10.9 Å². The minimum absolute atomic E-state index is 0.0814. The molecule has 1 amide bonds. The highest BCUT2D eigenvalue weighted by Crippen LogP contribution is 2.18. The van der Waals surface area contributed by atoms with Crippen molar-refractivity contribution in [2.24, 2.45) is 0 Å². The van der Waals surface area contributed by atoms with E-state index in [1.54, 1.807) is 6.20 Å². The van der Waals surface area contributed by atoms with Crippen molar-refractivity contribution in [3.63, 3.8) is 0 Å². The van der Waals surface area contributed by atoms with Crippen molar-refractivity contribution < 1.29 is 4.79 Å². The molecule has 1 aliphatic carbocycles. The predicted octanol–water partition coefficient (Wildman–Crippen LogP) is 2.93. The second-order valence-electron chi connectivity index (χ2n) is 7.11. The Bertz CT molecular complexity index is 985. The number of nitrogens with one attached hydrogen (secondary N) is 2. The van der Waals surface area contributed by atoms with Gasteiger partial charge in [0.05, 0.1) is 11.9 Å². The number of carbonyl (C=O) groups excluding carboxylic acids is 1. The zero-order valence-electron chi connectivity index (χ0n) is 15.1. The molecule has 0 bridgehead atoms. The lowest BCUT2D eigenvalue weighted by Crippen LogP contribution is -2.36. The monoisotopic (exact) mass is 365 g/mol. The SMILES string of the molecule is O=C(NC1CCCCCCC1)c1nnn2cc(-c3ccccc3)[nH]c(=O)c12. The Morgan fingerprint density at radius 2 is 1.78 bits per heavy atom. The fourth-order valence-electron chi connectivity index (χ4n) is 3.70. The minimum Gasteiger partial charge on any atom is -0.348 e. The molecular formula is C20H23N5O2. The maximum atomic E-state index is 12.7. The Balaban J connectivity index is 1.61. The van der Waals surface area contributed by atoms with Crippen molar-refractivity contribution in [1.29, 1.82) is 0 Å². The molecule has 0 saturated heterocycles. The summed E-state index contributed by atoms with van der Waals surface area (Å²) in [6.07, 6.45) is 9.56. The van der Waals surface area contributed by atoms with Crippen molar-refractivity contribution >= 4 is 11.4 Å². The van der Waals surface area contributed by atoms with Crippen LogP contribution in [-0.4, -0.2) is 31.8 Å². The molecule has 3 aromatic rings. The fraction of sp³-hybridized carbons (Fsp3) is 0.400. The van der Waals surface area contributed by atoms with Crippen molar-refractivity contribution in [1.82, 2.24) is 25.1 Å². The molecule has 4 rings (SSSR count). The number of fused-ring (bicyclic) bond motifs is 1. The Hall–Kier alpha value is -2.96. The highest BCUT2D eigenvalue weighted by Gasteiger charge is 2.22. The van der Waals surface area contributed by atoms with Gasteiger partial charge in [-0.05, 0) is 18.4 Å². The van der Waals surface area contributed by atoms with Crippen LogP contribution in [0.4, 0.5) is 0 Å². The first kappa shape index (κ1) is 17.5. The molecule has 0 unspecified atom stereocenters. The number of H-pyrrole nitrogens is 1. The number of aromatic amines is 1. The third-order valence-corrected chi connectivity index (χ3v) is 5.15. The van der Waals surface area contributed by atoms with E-state index in [0.29, 0.717) is 5.69 Å². The largest absolute Gasteiger partial charge is 0.348 e. The molecule has 2 heterocycles. The van der Waals surface area contributed by atoms with Crippen LogP contribution in [-0.2, 0) is 0 Å². The molecule has 1 aliphatic rings. The normalized spacial score (nSPS) is 16.0. The van der Waals surface area contributed by atoms with Gasteiger partial charge < -0.3 is 10.3 Å². The first-order chi connectivity index (χ1) is 13.2. The Morgan fingerprint density at radius 1 is 1.07 bits per heavy atom. The van der Waals surface area contributed by atoms with E-state index in [4.69, 9.17) is 0 Å². The molecule has 7 heteroatoms. The van der Waals surface area contributed by atoms with E-state index >= 15 is 0 Å². The van der Waals surface area contributed by atoms with Crippen LogP contribution in [0, 0.1) is 0 Å². The Labute approximate surface area is 156 Å². The quantitative estimate of drug-likeness (QED) is 0.746. The van der Waals surface area contributed by atoms with Crippen molar-refractivity contribution in [2.45, 2.75) is 51.0 Å². The van der Waals surface area contributed by atoms with Crippen LogP contribution in [0.1, 0.15) is 55.4 Å². The second-order valence-corrected chi connectivity index (χ2v) is 7.11. The molecule has 2 N–H and O–H groups in total. The summed E-state index contributed by atoms with van der Waals surface area (Å²) in [6, 6.07) is 9.64. The van der Waals surface area contributed by atoms with Gasteiger partial charge in [-0.1, -0.05) is 67.6 Å². The van der Waals surface area contributed by atoms with Gasteiger partial charge in [-0.15, -0.1) is 5.10 Å². The molecule has 0 atom stereocenters. The van der Waals surface area contributed by atoms with Gasteiger partial charge in [0.1, 0.15) is 0 Å². The van der Waals surface area contributed by atoms with Gasteiger partial charge in [0.2, 0.25) is 0 Å². The lowest BCUT2D eigenvalue weighted by molar-refractivity contribution is 0.0927. The molecule has 0 aliphatic heterocycles. The molecule has 27 heavy (non-hydrogen) atoms. The summed E-state index contributed by atoms with van der Waals surface area (Å²) in [5.74, 6) is -0.325. The van der Waals surface area contributed by atoms with Crippen LogP contribution in [0.15, 0.2) is 41.3 Å². The molecule has 2 aromatic heterocycles. The van der Waals surface area contributed by atoms with Crippen LogP contribution in [0.3, 0.4) is 0 Å². The van der Waals surface area contributed by atoms with Gasteiger partial charge in [-0.3, -0.25) is 9.59 Å². The van der Waals surface area contributed by atoms with Crippen LogP contribution >= 0.6 is 0 Å². The summed E-state index contributed by atoms with van der Waals surface area (Å²) in [5.41, 5.74) is 1.39. The average molecular weight is 365 g/mol. The minimum atomic E-state index is -0.371. The highest BCUT2D eigenvalue weighted by molar-refractivity contribution is 5.98. The molecule has 1 saturated carbocycles. The third-order valence-electron chi connectivity index (χ3n) is 5.15. The van der Waals surface area contributed by atoms with E-state index in [1.165, 1.54) is 23.8 Å². The predicted molar refractivity (Wildman–Crippen MR) is 103 cm³/mol. The van der Waals surface area contributed by atoms with Gasteiger partial charge in [0.15, 0.2) is 11.2 Å². The second kappa shape index (κ2) is 7.73. The maximum absolute atomic E-state index is 12.7. The van der Waals surface area contributed by atoms with Gasteiger partial charge in [0.25, 0.3) is 11.5 Å². The first-order valence-electron chi connectivity index (χ1n) is 9.57. The molecule has 0 spiro atoms. The van der Waals surface area contributed by atoms with E-state index in [-0.39, 0.29) is 28.7 Å². The summed E-state index contributed by atoms with van der Waals surface area (Å²) < 4.78 is 1.38.